The molecule has 0 fully saturated rings. The molecule has 0 aliphatic rings. The van der Waals surface area contributed by atoms with Gasteiger partial charge in [0.15, 0.2) is 28.7 Å². The summed E-state index contributed by atoms with van der Waals surface area (Å²) >= 11 is 1.72. The fourth-order valence-electron chi connectivity index (χ4n) is 2.05. The van der Waals surface area contributed by atoms with Gasteiger partial charge in [-0.1, -0.05) is 0 Å². The molecular formula is C13H9FIN3O. The number of halogens is 2. The molecule has 3 rings (SSSR count). The van der Waals surface area contributed by atoms with Crippen LogP contribution in [0.25, 0.3) is 16.9 Å². The summed E-state index contributed by atoms with van der Waals surface area (Å²) in [6.45, 7) is 1.84. The first-order valence-electron chi connectivity index (χ1n) is 5.58. The molecule has 0 radical (unpaired) electrons. The van der Waals surface area contributed by atoms with E-state index in [4.69, 9.17) is 3.07 Å². The van der Waals surface area contributed by atoms with Crippen LogP contribution in [0.5, 0.6) is 5.75 Å². The van der Waals surface area contributed by atoms with Crippen molar-refractivity contribution in [3.05, 3.63) is 48.3 Å². The third-order valence-corrected chi connectivity index (χ3v) is 3.42. The summed E-state index contributed by atoms with van der Waals surface area (Å²) in [6, 6.07) is 4.77. The molecule has 0 aliphatic carbocycles. The number of aryl methyl sites for hydroxylation is 1. The molecule has 19 heavy (non-hydrogen) atoms. The molecule has 0 spiro atoms. The zero-order chi connectivity index (χ0) is 13.4. The quantitative estimate of drug-likeness (QED) is 0.649. The van der Waals surface area contributed by atoms with E-state index in [1.807, 2.05) is 11.3 Å². The molecule has 0 saturated heterocycles. The summed E-state index contributed by atoms with van der Waals surface area (Å²) in [5, 5.41) is 0. The molecule has 96 valence electrons. The smallest absolute Gasteiger partial charge is 0.192 e. The van der Waals surface area contributed by atoms with Crippen LogP contribution < -0.4 is 3.07 Å². The van der Waals surface area contributed by atoms with Crippen molar-refractivity contribution in [3.63, 3.8) is 0 Å². The number of fused-ring (bicyclic) bond motifs is 1. The lowest BCUT2D eigenvalue weighted by Crippen LogP contribution is -1.99. The van der Waals surface area contributed by atoms with Crippen molar-refractivity contribution in [2.45, 2.75) is 6.92 Å². The van der Waals surface area contributed by atoms with Crippen molar-refractivity contribution in [3.8, 4) is 17.0 Å². The lowest BCUT2D eigenvalue weighted by molar-refractivity contribution is 0.617. The minimum absolute atomic E-state index is 0.347. The van der Waals surface area contributed by atoms with Crippen LogP contribution in [0.15, 0.2) is 36.8 Å². The maximum atomic E-state index is 14.2. The van der Waals surface area contributed by atoms with Crippen LogP contribution >= 0.6 is 23.0 Å². The second-order valence-corrected chi connectivity index (χ2v) is 4.51. The number of nitrogens with zero attached hydrogens (tertiary/aromatic N) is 3. The van der Waals surface area contributed by atoms with Gasteiger partial charge in [-0.3, -0.25) is 9.38 Å². The third kappa shape index (κ3) is 2.05. The highest BCUT2D eigenvalue weighted by atomic mass is 127. The molecular weight excluding hydrogens is 360 g/mol. The summed E-state index contributed by atoms with van der Waals surface area (Å²) in [6.07, 6.45) is 5.13. The van der Waals surface area contributed by atoms with E-state index in [0.717, 1.165) is 5.69 Å². The van der Waals surface area contributed by atoms with Crippen LogP contribution in [0.1, 0.15) is 5.69 Å². The van der Waals surface area contributed by atoms with Crippen LogP contribution in [-0.2, 0) is 0 Å². The standard InChI is InChI=1S/C13H9FIN3O/c1-8-13(18-5-4-16-12(18)7-17-8)10-3-2-9(19-15)6-11(10)14/h2-7H,1H3. The molecule has 0 N–H and O–H groups in total. The minimum Gasteiger partial charge on any atom is -0.428 e. The van der Waals surface area contributed by atoms with Crippen LogP contribution in [0.3, 0.4) is 0 Å². The van der Waals surface area contributed by atoms with Gasteiger partial charge in [0, 0.05) is 24.0 Å². The molecule has 0 aliphatic heterocycles. The van der Waals surface area contributed by atoms with E-state index in [1.54, 1.807) is 53.7 Å². The van der Waals surface area contributed by atoms with Crippen LogP contribution in [-0.4, -0.2) is 14.4 Å². The molecule has 6 heteroatoms. The molecule has 0 amide bonds. The number of aromatic nitrogens is 3. The van der Waals surface area contributed by atoms with Crippen molar-refractivity contribution < 1.29 is 7.46 Å². The van der Waals surface area contributed by atoms with Gasteiger partial charge >= 0.3 is 0 Å². The zero-order valence-corrected chi connectivity index (χ0v) is 12.1. The minimum atomic E-state index is -0.347. The molecule has 2 heterocycles. The summed E-state index contributed by atoms with van der Waals surface area (Å²) < 4.78 is 21.0. The summed E-state index contributed by atoms with van der Waals surface area (Å²) in [5.41, 5.74) is 2.61. The Balaban J connectivity index is 2.29. The maximum absolute atomic E-state index is 14.2. The highest BCUT2D eigenvalue weighted by Gasteiger charge is 2.13. The zero-order valence-electron chi connectivity index (χ0n) is 9.97. The van der Waals surface area contributed by atoms with Gasteiger partial charge in [0.25, 0.3) is 0 Å². The van der Waals surface area contributed by atoms with E-state index in [-0.39, 0.29) is 5.82 Å². The van der Waals surface area contributed by atoms with Gasteiger partial charge in [-0.25, -0.2) is 9.37 Å². The number of rotatable bonds is 2. The Morgan fingerprint density at radius 1 is 1.32 bits per heavy atom. The Morgan fingerprint density at radius 3 is 2.89 bits per heavy atom. The van der Waals surface area contributed by atoms with E-state index in [1.165, 1.54) is 6.07 Å². The van der Waals surface area contributed by atoms with Gasteiger partial charge in [-0.05, 0) is 19.1 Å². The second-order valence-electron chi connectivity index (χ2n) is 4.07. The third-order valence-electron chi connectivity index (χ3n) is 2.91. The van der Waals surface area contributed by atoms with Crippen LogP contribution in [0.4, 0.5) is 4.39 Å². The number of hydrogen-bond donors (Lipinski definition) is 0. The Labute approximate surface area is 123 Å². The van der Waals surface area contributed by atoms with Gasteiger partial charge in [-0.15, -0.1) is 0 Å². The Bertz CT molecular complexity index is 757. The van der Waals surface area contributed by atoms with E-state index in [9.17, 15) is 4.39 Å². The van der Waals surface area contributed by atoms with Gasteiger partial charge in [0.2, 0.25) is 0 Å². The Morgan fingerprint density at radius 2 is 2.16 bits per heavy atom. The van der Waals surface area contributed by atoms with Gasteiger partial charge < -0.3 is 3.07 Å². The normalized spacial score (nSPS) is 10.9. The van der Waals surface area contributed by atoms with Gasteiger partial charge in [0.05, 0.1) is 17.6 Å². The number of hydrogen-bond acceptors (Lipinski definition) is 3. The predicted molar refractivity (Wildman–Crippen MR) is 77.8 cm³/mol. The Kier molecular flexibility index (Phi) is 3.09. The molecule has 1 aromatic carbocycles. The van der Waals surface area contributed by atoms with E-state index >= 15 is 0 Å². The average Bonchev–Trinajstić information content (AvgIpc) is 2.88. The van der Waals surface area contributed by atoms with Crippen LogP contribution in [0.2, 0.25) is 0 Å². The highest BCUT2D eigenvalue weighted by molar-refractivity contribution is 14.1. The lowest BCUT2D eigenvalue weighted by atomic mass is 10.1. The molecule has 3 aromatic rings. The van der Waals surface area contributed by atoms with Crippen molar-refractivity contribution in [1.82, 2.24) is 14.4 Å². The topological polar surface area (TPSA) is 39.4 Å². The number of benzene rings is 1. The molecule has 0 atom stereocenters. The van der Waals surface area contributed by atoms with E-state index in [0.29, 0.717) is 22.7 Å². The largest absolute Gasteiger partial charge is 0.428 e. The van der Waals surface area contributed by atoms with Crippen molar-refractivity contribution >= 4 is 28.7 Å². The van der Waals surface area contributed by atoms with Crippen molar-refractivity contribution in [2.24, 2.45) is 0 Å². The fraction of sp³-hybridized carbons (Fsp3) is 0.0769. The molecule has 0 saturated carbocycles. The maximum Gasteiger partial charge on any atom is 0.192 e. The highest BCUT2D eigenvalue weighted by Crippen LogP contribution is 2.29. The molecule has 0 unspecified atom stereocenters. The van der Waals surface area contributed by atoms with E-state index < -0.39 is 0 Å². The lowest BCUT2D eigenvalue weighted by Gasteiger charge is -2.10. The second kappa shape index (κ2) is 4.76. The fourth-order valence-corrected chi connectivity index (χ4v) is 2.32. The monoisotopic (exact) mass is 369 g/mol. The molecule has 4 nitrogen and oxygen atoms in total. The predicted octanol–water partition coefficient (Wildman–Crippen LogP) is 3.57. The van der Waals surface area contributed by atoms with Gasteiger partial charge in [0.1, 0.15) is 11.6 Å². The number of imidazole rings is 1. The summed E-state index contributed by atoms with van der Waals surface area (Å²) in [4.78, 5) is 8.42. The SMILES string of the molecule is Cc1ncc2nccn2c1-c1ccc(OI)cc1F. The first-order chi connectivity index (χ1) is 9.20. The van der Waals surface area contributed by atoms with Crippen LogP contribution in [0, 0.1) is 12.7 Å². The van der Waals surface area contributed by atoms with Gasteiger partial charge in [-0.2, -0.15) is 0 Å². The van der Waals surface area contributed by atoms with E-state index in [2.05, 4.69) is 9.97 Å². The first-order valence-corrected chi connectivity index (χ1v) is 6.46. The molecule has 0 bridgehead atoms. The van der Waals surface area contributed by atoms with Crippen molar-refractivity contribution in [2.75, 3.05) is 0 Å². The van der Waals surface area contributed by atoms with Crippen molar-refractivity contribution in [1.29, 1.82) is 0 Å². The Hall–Kier alpha value is -1.70. The first kappa shape index (κ1) is 12.3. The summed E-state index contributed by atoms with van der Waals surface area (Å²) in [5.74, 6) is 0.130. The average molecular weight is 369 g/mol. The molecule has 2 aromatic heterocycles. The summed E-state index contributed by atoms with van der Waals surface area (Å²) in [7, 11) is 0.